The molecule has 2 aromatic rings. The molecule has 6 nitrogen and oxygen atoms in total. The summed E-state index contributed by atoms with van der Waals surface area (Å²) in [4.78, 5) is 23.8. The Balaban J connectivity index is 2.07. The predicted molar refractivity (Wildman–Crippen MR) is 88.7 cm³/mol. The van der Waals surface area contributed by atoms with Gasteiger partial charge in [0.15, 0.2) is 6.04 Å². The molecule has 1 unspecified atom stereocenters. The lowest BCUT2D eigenvalue weighted by Gasteiger charge is -2.16. The third-order valence-corrected chi connectivity index (χ3v) is 3.91. The Kier molecular flexibility index (Phi) is 5.39. The van der Waals surface area contributed by atoms with Crippen LogP contribution in [0, 0.1) is 27.7 Å². The van der Waals surface area contributed by atoms with Gasteiger partial charge in [0.05, 0.1) is 5.69 Å². The quantitative estimate of drug-likeness (QED) is 0.849. The monoisotopic (exact) mass is 330 g/mol. The van der Waals surface area contributed by atoms with Gasteiger partial charge < -0.3 is 14.9 Å². The van der Waals surface area contributed by atoms with Crippen molar-refractivity contribution in [3.8, 4) is 0 Å². The molecule has 1 aromatic carbocycles. The van der Waals surface area contributed by atoms with Crippen LogP contribution in [0.1, 0.15) is 46.2 Å². The zero-order valence-electron chi connectivity index (χ0n) is 14.3. The molecule has 0 aliphatic rings. The fourth-order valence-corrected chi connectivity index (χ4v) is 2.79. The van der Waals surface area contributed by atoms with Gasteiger partial charge in [0.2, 0.25) is 5.91 Å². The molecule has 0 aliphatic heterocycles. The number of carboxylic acids is 1. The van der Waals surface area contributed by atoms with Crippen LogP contribution in [-0.2, 0) is 16.0 Å². The minimum atomic E-state index is -1.08. The van der Waals surface area contributed by atoms with Crippen molar-refractivity contribution in [3.05, 3.63) is 51.9 Å². The van der Waals surface area contributed by atoms with Crippen molar-refractivity contribution >= 4 is 11.9 Å². The van der Waals surface area contributed by atoms with Crippen molar-refractivity contribution in [1.29, 1.82) is 0 Å². The van der Waals surface area contributed by atoms with E-state index in [0.29, 0.717) is 17.7 Å². The molecule has 1 aromatic heterocycles. The summed E-state index contributed by atoms with van der Waals surface area (Å²) in [6.07, 6.45) is 0.643. The second-order valence-electron chi connectivity index (χ2n) is 6.06. The number of nitrogens with zero attached hydrogens (tertiary/aromatic N) is 1. The third kappa shape index (κ3) is 4.22. The first-order chi connectivity index (χ1) is 11.3. The van der Waals surface area contributed by atoms with E-state index in [-0.39, 0.29) is 12.3 Å². The summed E-state index contributed by atoms with van der Waals surface area (Å²) in [5.74, 6) is -0.711. The summed E-state index contributed by atoms with van der Waals surface area (Å²) in [5.41, 5.74) is 4.14. The molecule has 2 rings (SSSR count). The summed E-state index contributed by atoms with van der Waals surface area (Å²) >= 11 is 0. The topological polar surface area (TPSA) is 92.4 Å². The van der Waals surface area contributed by atoms with Gasteiger partial charge in [-0.05, 0) is 39.7 Å². The largest absolute Gasteiger partial charge is 0.479 e. The number of amides is 1. The van der Waals surface area contributed by atoms with E-state index in [0.717, 1.165) is 22.4 Å². The second kappa shape index (κ2) is 7.29. The number of rotatable bonds is 6. The fourth-order valence-electron chi connectivity index (χ4n) is 2.79. The van der Waals surface area contributed by atoms with Crippen LogP contribution in [0.5, 0.6) is 0 Å². The molecule has 0 radical (unpaired) electrons. The van der Waals surface area contributed by atoms with Gasteiger partial charge in [-0.15, -0.1) is 0 Å². The molecule has 2 N–H and O–H groups in total. The number of aryl methyl sites for hydroxylation is 4. The first-order valence-corrected chi connectivity index (χ1v) is 7.80. The predicted octanol–water partition coefficient (Wildman–Crippen LogP) is 2.78. The van der Waals surface area contributed by atoms with E-state index in [1.165, 1.54) is 0 Å². The van der Waals surface area contributed by atoms with Crippen LogP contribution in [0.15, 0.2) is 22.7 Å². The van der Waals surface area contributed by atoms with E-state index in [9.17, 15) is 14.7 Å². The molecule has 1 heterocycles. The van der Waals surface area contributed by atoms with Crippen LogP contribution in [0.25, 0.3) is 0 Å². The fraction of sp³-hybridized carbons (Fsp3) is 0.389. The molecular formula is C18H22N2O4. The van der Waals surface area contributed by atoms with Crippen molar-refractivity contribution in [2.24, 2.45) is 0 Å². The number of carbonyl (C=O) groups excluding carboxylic acids is 1. The summed E-state index contributed by atoms with van der Waals surface area (Å²) in [6.45, 7) is 7.41. The zero-order valence-corrected chi connectivity index (χ0v) is 14.3. The minimum absolute atomic E-state index is 0.178. The smallest absolute Gasteiger partial charge is 0.330 e. The van der Waals surface area contributed by atoms with Crippen molar-refractivity contribution < 1.29 is 19.2 Å². The molecule has 24 heavy (non-hydrogen) atoms. The van der Waals surface area contributed by atoms with E-state index in [1.54, 1.807) is 19.1 Å². The number of aromatic nitrogens is 1. The lowest BCUT2D eigenvalue weighted by atomic mass is 10.0. The molecule has 128 valence electrons. The lowest BCUT2D eigenvalue weighted by Crippen LogP contribution is -2.34. The zero-order chi connectivity index (χ0) is 17.9. The average molecular weight is 330 g/mol. The summed E-state index contributed by atoms with van der Waals surface area (Å²) in [6, 6.07) is 4.46. The number of nitrogens with one attached hydrogen (secondary N) is 1. The Morgan fingerprint density at radius 3 is 2.29 bits per heavy atom. The molecule has 0 saturated carbocycles. The third-order valence-electron chi connectivity index (χ3n) is 3.91. The highest BCUT2D eigenvalue weighted by atomic mass is 16.5. The van der Waals surface area contributed by atoms with E-state index >= 15 is 0 Å². The van der Waals surface area contributed by atoms with E-state index in [4.69, 9.17) is 4.52 Å². The lowest BCUT2D eigenvalue weighted by molar-refractivity contribution is -0.142. The number of benzene rings is 1. The molecule has 1 amide bonds. The molecule has 0 fully saturated rings. The van der Waals surface area contributed by atoms with Gasteiger partial charge in [-0.1, -0.05) is 34.5 Å². The van der Waals surface area contributed by atoms with Gasteiger partial charge in [-0.3, -0.25) is 4.79 Å². The maximum absolute atomic E-state index is 12.2. The Labute approximate surface area is 140 Å². The average Bonchev–Trinajstić information content (AvgIpc) is 2.80. The maximum atomic E-state index is 12.2. The minimum Gasteiger partial charge on any atom is -0.479 e. The number of carboxylic acid groups (broad SMARTS) is 1. The van der Waals surface area contributed by atoms with E-state index in [2.05, 4.69) is 10.5 Å². The highest BCUT2D eigenvalue weighted by molar-refractivity contribution is 5.84. The van der Waals surface area contributed by atoms with Gasteiger partial charge in [0.1, 0.15) is 5.76 Å². The Morgan fingerprint density at radius 1 is 1.17 bits per heavy atom. The number of aliphatic carboxylic acids is 1. The van der Waals surface area contributed by atoms with E-state index in [1.807, 2.05) is 26.8 Å². The highest BCUT2D eigenvalue weighted by Gasteiger charge is 2.23. The van der Waals surface area contributed by atoms with Gasteiger partial charge in [0, 0.05) is 12.0 Å². The van der Waals surface area contributed by atoms with Crippen LogP contribution >= 0.6 is 0 Å². The number of hydrogen-bond acceptors (Lipinski definition) is 4. The summed E-state index contributed by atoms with van der Waals surface area (Å²) < 4.78 is 5.07. The number of carbonyl (C=O) groups is 2. The first kappa shape index (κ1) is 17.7. The molecule has 0 bridgehead atoms. The molecule has 0 spiro atoms. The molecule has 1 atom stereocenters. The van der Waals surface area contributed by atoms with Crippen LogP contribution in [-0.4, -0.2) is 22.1 Å². The van der Waals surface area contributed by atoms with Crippen LogP contribution in [0.3, 0.4) is 0 Å². The standard InChI is InChI=1S/C18H22N2O4/c1-10-7-11(2)9-14(8-10)17(18(22)23)19-16(21)6-5-15-12(3)20-24-13(15)4/h7-9,17H,5-6H2,1-4H3,(H,19,21)(H,22,23). The molecule has 0 saturated heterocycles. The number of hydrogen-bond donors (Lipinski definition) is 2. The highest BCUT2D eigenvalue weighted by Crippen LogP contribution is 2.19. The van der Waals surface area contributed by atoms with Crippen LogP contribution < -0.4 is 5.32 Å². The summed E-state index contributed by atoms with van der Waals surface area (Å²) in [5, 5.41) is 15.9. The SMILES string of the molecule is Cc1cc(C)cc(C(NC(=O)CCc2c(C)noc2C)C(=O)O)c1. The summed E-state index contributed by atoms with van der Waals surface area (Å²) in [7, 11) is 0. The maximum Gasteiger partial charge on any atom is 0.330 e. The van der Waals surface area contributed by atoms with E-state index < -0.39 is 12.0 Å². The van der Waals surface area contributed by atoms with Crippen LogP contribution in [0.4, 0.5) is 0 Å². The molecular weight excluding hydrogens is 308 g/mol. The Hall–Kier alpha value is -2.63. The Bertz CT molecular complexity index is 725. The van der Waals surface area contributed by atoms with Gasteiger partial charge in [0.25, 0.3) is 0 Å². The van der Waals surface area contributed by atoms with Crippen molar-refractivity contribution in [2.75, 3.05) is 0 Å². The first-order valence-electron chi connectivity index (χ1n) is 7.80. The van der Waals surface area contributed by atoms with Gasteiger partial charge >= 0.3 is 5.97 Å². The molecule has 0 aliphatic carbocycles. The van der Waals surface area contributed by atoms with Crippen LogP contribution in [0.2, 0.25) is 0 Å². The van der Waals surface area contributed by atoms with Crippen molar-refractivity contribution in [1.82, 2.24) is 10.5 Å². The Morgan fingerprint density at radius 2 is 1.79 bits per heavy atom. The van der Waals surface area contributed by atoms with Gasteiger partial charge in [-0.25, -0.2) is 4.79 Å². The normalized spacial score (nSPS) is 12.0. The van der Waals surface area contributed by atoms with Crippen molar-refractivity contribution in [2.45, 2.75) is 46.6 Å². The van der Waals surface area contributed by atoms with Gasteiger partial charge in [-0.2, -0.15) is 0 Å². The second-order valence-corrected chi connectivity index (χ2v) is 6.06. The van der Waals surface area contributed by atoms with Crippen molar-refractivity contribution in [3.63, 3.8) is 0 Å². The molecule has 6 heteroatoms.